The second-order valence-electron chi connectivity index (χ2n) is 14.4. The molecule has 0 aliphatic heterocycles. The fraction of sp³-hybridized carbons (Fsp3) is 0. The van der Waals surface area contributed by atoms with Crippen LogP contribution in [0.1, 0.15) is 0 Å². The molecule has 0 aliphatic carbocycles. The molecular formula is C52H30S2. The van der Waals surface area contributed by atoms with Crippen molar-refractivity contribution in [2.45, 2.75) is 0 Å². The number of fused-ring (bicyclic) bond motifs is 12. The van der Waals surface area contributed by atoms with Crippen LogP contribution in [0.4, 0.5) is 0 Å². The lowest BCUT2D eigenvalue weighted by molar-refractivity contribution is 1.64. The summed E-state index contributed by atoms with van der Waals surface area (Å²) in [6, 6.07) is 67.8. The first-order valence-corrected chi connectivity index (χ1v) is 20.1. The molecule has 0 N–H and O–H groups in total. The number of benzene rings is 10. The highest BCUT2D eigenvalue weighted by atomic mass is 32.1. The van der Waals surface area contributed by atoms with Crippen LogP contribution < -0.4 is 0 Å². The Morgan fingerprint density at radius 2 is 0.796 bits per heavy atom. The van der Waals surface area contributed by atoms with Crippen LogP contribution >= 0.6 is 22.7 Å². The lowest BCUT2D eigenvalue weighted by Crippen LogP contribution is -1.91. The van der Waals surface area contributed by atoms with E-state index in [1.54, 1.807) is 0 Å². The highest BCUT2D eigenvalue weighted by Crippen LogP contribution is 2.48. The third-order valence-corrected chi connectivity index (χ3v) is 13.7. The predicted molar refractivity (Wildman–Crippen MR) is 239 cm³/mol. The normalized spacial score (nSPS) is 12.1. The van der Waals surface area contributed by atoms with Gasteiger partial charge in [0.2, 0.25) is 0 Å². The zero-order valence-electron chi connectivity index (χ0n) is 29.1. The van der Waals surface area contributed by atoms with E-state index in [0.717, 1.165) is 0 Å². The Bertz CT molecular complexity index is 3430. The van der Waals surface area contributed by atoms with Gasteiger partial charge in [0.15, 0.2) is 0 Å². The summed E-state index contributed by atoms with van der Waals surface area (Å²) >= 11 is 3.84. The average molecular weight is 719 g/mol. The Kier molecular flexibility index (Phi) is 6.48. The Balaban J connectivity index is 1.07. The van der Waals surface area contributed by atoms with Gasteiger partial charge < -0.3 is 0 Å². The van der Waals surface area contributed by atoms with E-state index in [1.165, 1.54) is 117 Å². The van der Waals surface area contributed by atoms with Gasteiger partial charge in [0.05, 0.1) is 0 Å². The lowest BCUT2D eigenvalue weighted by atomic mass is 9.85. The number of thiophene rings is 2. The minimum absolute atomic E-state index is 1.24. The Labute approximate surface area is 319 Å². The minimum atomic E-state index is 1.24. The van der Waals surface area contributed by atoms with Gasteiger partial charge in [0.25, 0.3) is 0 Å². The van der Waals surface area contributed by atoms with Gasteiger partial charge in [0, 0.05) is 45.7 Å². The van der Waals surface area contributed by atoms with Crippen LogP contribution in [0.15, 0.2) is 182 Å². The molecule has 0 aliphatic rings. The van der Waals surface area contributed by atoms with E-state index >= 15 is 0 Å². The molecule has 0 nitrogen and oxygen atoms in total. The van der Waals surface area contributed by atoms with Crippen LogP contribution in [0, 0.1) is 0 Å². The van der Waals surface area contributed by atoms with Crippen molar-refractivity contribution >= 4 is 106 Å². The molecule has 250 valence electrons. The van der Waals surface area contributed by atoms with E-state index in [-0.39, 0.29) is 0 Å². The van der Waals surface area contributed by atoms with Crippen LogP contribution in [0.3, 0.4) is 0 Å². The molecule has 12 aromatic rings. The minimum Gasteiger partial charge on any atom is -0.135 e. The van der Waals surface area contributed by atoms with Gasteiger partial charge in [-0.3, -0.25) is 0 Å². The van der Waals surface area contributed by atoms with Crippen LogP contribution in [0.25, 0.3) is 117 Å². The maximum Gasteiger partial charge on any atom is 0.0440 e. The summed E-state index contributed by atoms with van der Waals surface area (Å²) < 4.78 is 5.41. The molecule has 2 aromatic heterocycles. The summed E-state index contributed by atoms with van der Waals surface area (Å²) in [5.74, 6) is 0. The molecule has 12 rings (SSSR count). The first-order valence-electron chi connectivity index (χ1n) is 18.5. The highest BCUT2D eigenvalue weighted by Gasteiger charge is 2.19. The van der Waals surface area contributed by atoms with Crippen LogP contribution in [0.5, 0.6) is 0 Å². The smallest absolute Gasteiger partial charge is 0.0440 e. The fourth-order valence-electron chi connectivity index (χ4n) is 8.97. The molecular weight excluding hydrogens is 689 g/mol. The van der Waals surface area contributed by atoms with Crippen molar-refractivity contribution in [1.29, 1.82) is 0 Å². The zero-order valence-corrected chi connectivity index (χ0v) is 30.8. The van der Waals surface area contributed by atoms with Crippen LogP contribution in [-0.4, -0.2) is 0 Å². The SMILES string of the molecule is c1ccc(-c2ccc3cc(-c4c5ccccc5c(-c5ccc6c(c5)sc5ccc7ccc8c9ccccc9sc8c7c56)c5ccccc45)ccc3c2)cc1. The average Bonchev–Trinajstić information content (AvgIpc) is 3.81. The van der Waals surface area contributed by atoms with Crippen molar-refractivity contribution in [2.24, 2.45) is 0 Å². The molecule has 2 heteroatoms. The van der Waals surface area contributed by atoms with Gasteiger partial charge in [-0.25, -0.2) is 0 Å². The Morgan fingerprint density at radius 1 is 0.259 bits per heavy atom. The summed E-state index contributed by atoms with van der Waals surface area (Å²) in [7, 11) is 0. The van der Waals surface area contributed by atoms with E-state index in [0.29, 0.717) is 0 Å². The maximum absolute atomic E-state index is 2.45. The molecule has 0 amide bonds. The summed E-state index contributed by atoms with van der Waals surface area (Å²) in [6.07, 6.45) is 0. The summed E-state index contributed by atoms with van der Waals surface area (Å²) in [5, 5.41) is 15.7. The second kappa shape index (κ2) is 11.6. The molecule has 0 saturated carbocycles. The van der Waals surface area contributed by atoms with E-state index in [1.807, 2.05) is 22.7 Å². The number of rotatable bonds is 3. The molecule has 54 heavy (non-hydrogen) atoms. The molecule has 0 spiro atoms. The van der Waals surface area contributed by atoms with Gasteiger partial charge in [-0.1, -0.05) is 152 Å². The topological polar surface area (TPSA) is 0 Å². The quantitative estimate of drug-likeness (QED) is 0.160. The maximum atomic E-state index is 2.45. The fourth-order valence-corrected chi connectivity index (χ4v) is 11.4. The number of hydrogen-bond donors (Lipinski definition) is 0. The highest BCUT2D eigenvalue weighted by molar-refractivity contribution is 7.28. The van der Waals surface area contributed by atoms with Crippen molar-refractivity contribution in [1.82, 2.24) is 0 Å². The zero-order chi connectivity index (χ0) is 35.3. The molecule has 2 heterocycles. The summed E-state index contributed by atoms with van der Waals surface area (Å²) in [5.41, 5.74) is 7.58. The van der Waals surface area contributed by atoms with Crippen molar-refractivity contribution in [2.75, 3.05) is 0 Å². The molecule has 10 aromatic carbocycles. The monoisotopic (exact) mass is 718 g/mol. The van der Waals surface area contributed by atoms with Gasteiger partial charge >= 0.3 is 0 Å². The van der Waals surface area contributed by atoms with Gasteiger partial charge in [-0.05, 0) is 101 Å². The van der Waals surface area contributed by atoms with Gasteiger partial charge in [-0.15, -0.1) is 22.7 Å². The molecule has 0 unspecified atom stereocenters. The van der Waals surface area contributed by atoms with E-state index < -0.39 is 0 Å². The third-order valence-electron chi connectivity index (χ3n) is 11.4. The van der Waals surface area contributed by atoms with Gasteiger partial charge in [0.1, 0.15) is 0 Å². The second-order valence-corrected chi connectivity index (χ2v) is 16.5. The van der Waals surface area contributed by atoms with Crippen molar-refractivity contribution in [3.63, 3.8) is 0 Å². The van der Waals surface area contributed by atoms with Gasteiger partial charge in [-0.2, -0.15) is 0 Å². The standard InChI is InChI=1S/C52H30S2/c1-2-10-31(11-3-1)33-18-19-35-29-36(21-20-34(35)28-33)48-39-13-4-6-15-41(39)49(42-16-7-5-14-40(42)48)37-23-26-44-47(30-37)53-46-27-24-32-22-25-43-38-12-8-9-17-45(38)54-52(43)50(32)51(44)46/h1-30H. The van der Waals surface area contributed by atoms with E-state index in [9.17, 15) is 0 Å². The molecule has 0 radical (unpaired) electrons. The largest absolute Gasteiger partial charge is 0.135 e. The van der Waals surface area contributed by atoms with E-state index in [2.05, 4.69) is 182 Å². The summed E-state index contributed by atoms with van der Waals surface area (Å²) in [6.45, 7) is 0. The van der Waals surface area contributed by atoms with Crippen molar-refractivity contribution in [3.8, 4) is 33.4 Å². The molecule has 0 atom stereocenters. The van der Waals surface area contributed by atoms with Crippen LogP contribution in [0.2, 0.25) is 0 Å². The molecule has 0 fully saturated rings. The Morgan fingerprint density at radius 3 is 1.52 bits per heavy atom. The Hall–Kier alpha value is -6.32. The molecule has 0 saturated heterocycles. The lowest BCUT2D eigenvalue weighted by Gasteiger charge is -2.18. The van der Waals surface area contributed by atoms with Crippen molar-refractivity contribution in [3.05, 3.63) is 182 Å². The summed E-state index contributed by atoms with van der Waals surface area (Å²) in [4.78, 5) is 0. The van der Waals surface area contributed by atoms with E-state index in [4.69, 9.17) is 0 Å². The molecule has 0 bridgehead atoms. The number of hydrogen-bond acceptors (Lipinski definition) is 2. The third kappa shape index (κ3) is 4.42. The van der Waals surface area contributed by atoms with Crippen LogP contribution in [-0.2, 0) is 0 Å². The first-order chi connectivity index (χ1) is 26.8. The van der Waals surface area contributed by atoms with Crippen molar-refractivity contribution < 1.29 is 0 Å². The first kappa shape index (κ1) is 30.2. The predicted octanol–water partition coefficient (Wildman–Crippen LogP) is 16.0.